The molecule has 0 aliphatic carbocycles. The first-order chi connectivity index (χ1) is 12.1. The first kappa shape index (κ1) is 21.0. The second kappa shape index (κ2) is 9.55. The lowest BCUT2D eigenvalue weighted by Crippen LogP contribution is -2.51. The van der Waals surface area contributed by atoms with Gasteiger partial charge in [0.2, 0.25) is 17.7 Å². The average molecular weight is 387 g/mol. The highest BCUT2D eigenvalue weighted by atomic mass is 35.5. The van der Waals surface area contributed by atoms with Crippen molar-refractivity contribution < 1.29 is 14.4 Å². The Hall–Kier alpha value is -1.34. The number of halogens is 1. The number of hydrogen-bond donors (Lipinski definition) is 2. The highest BCUT2D eigenvalue weighted by molar-refractivity contribution is 5.87. The largest absolute Gasteiger partial charge is 0.354 e. The highest BCUT2D eigenvalue weighted by Gasteiger charge is 2.36. The third-order valence-electron chi connectivity index (χ3n) is 5.71. The van der Waals surface area contributed by atoms with Crippen LogP contribution in [0.15, 0.2) is 0 Å². The zero-order chi connectivity index (χ0) is 17.8. The number of carbonyl (C=O) groups excluding carboxylic acids is 3. The van der Waals surface area contributed by atoms with Crippen molar-refractivity contribution in [1.82, 2.24) is 20.4 Å². The Morgan fingerprint density at radius 2 is 1.85 bits per heavy atom. The van der Waals surface area contributed by atoms with Gasteiger partial charge in [-0.3, -0.25) is 14.4 Å². The Morgan fingerprint density at radius 1 is 1.08 bits per heavy atom. The Balaban J connectivity index is 0.00000243. The molecule has 3 aliphatic heterocycles. The van der Waals surface area contributed by atoms with Gasteiger partial charge in [0.15, 0.2) is 0 Å². The molecule has 3 fully saturated rings. The lowest BCUT2D eigenvalue weighted by molar-refractivity contribution is -0.144. The molecule has 0 aromatic heterocycles. The van der Waals surface area contributed by atoms with Crippen molar-refractivity contribution in [2.75, 3.05) is 32.7 Å². The third kappa shape index (κ3) is 4.88. The number of carbonyl (C=O) groups is 3. The van der Waals surface area contributed by atoms with Crippen LogP contribution in [0.2, 0.25) is 0 Å². The number of hydrogen-bond acceptors (Lipinski definition) is 4. The van der Waals surface area contributed by atoms with E-state index < -0.39 is 0 Å². The number of likely N-dealkylation sites (tertiary alicyclic amines) is 2. The fraction of sp³-hybridized carbons (Fsp3) is 0.833. The molecule has 0 aromatic rings. The smallest absolute Gasteiger partial charge is 0.245 e. The maximum Gasteiger partial charge on any atom is 0.245 e. The van der Waals surface area contributed by atoms with Crippen LogP contribution >= 0.6 is 12.4 Å². The van der Waals surface area contributed by atoms with Gasteiger partial charge in [-0.05, 0) is 51.0 Å². The molecule has 3 heterocycles. The van der Waals surface area contributed by atoms with Crippen LogP contribution in [0, 0.1) is 5.92 Å². The normalized spacial score (nSPS) is 28.6. The van der Waals surface area contributed by atoms with Gasteiger partial charge in [-0.25, -0.2) is 0 Å². The van der Waals surface area contributed by atoms with Crippen molar-refractivity contribution in [2.24, 2.45) is 5.92 Å². The van der Waals surface area contributed by atoms with Crippen LogP contribution in [-0.2, 0) is 14.4 Å². The molecule has 3 atom stereocenters. The van der Waals surface area contributed by atoms with Crippen LogP contribution in [0.3, 0.4) is 0 Å². The molecule has 3 saturated heterocycles. The number of piperidine rings is 1. The molecule has 148 valence electrons. The summed E-state index contributed by atoms with van der Waals surface area (Å²) in [4.78, 5) is 40.3. The number of amides is 3. The number of rotatable bonds is 4. The second-order valence-electron chi connectivity index (χ2n) is 7.56. The van der Waals surface area contributed by atoms with Gasteiger partial charge in [0.25, 0.3) is 0 Å². The molecule has 0 radical (unpaired) electrons. The summed E-state index contributed by atoms with van der Waals surface area (Å²) in [6, 6.07) is -0.336. The van der Waals surface area contributed by atoms with Gasteiger partial charge in [-0.1, -0.05) is 0 Å². The van der Waals surface area contributed by atoms with Gasteiger partial charge in [-0.2, -0.15) is 0 Å². The summed E-state index contributed by atoms with van der Waals surface area (Å²) in [6.07, 6.45) is 5.62. The quantitative estimate of drug-likeness (QED) is 0.738. The van der Waals surface area contributed by atoms with Gasteiger partial charge in [0, 0.05) is 33.1 Å². The van der Waals surface area contributed by atoms with E-state index in [1.54, 1.807) is 4.90 Å². The lowest BCUT2D eigenvalue weighted by Gasteiger charge is -2.36. The maximum absolute atomic E-state index is 12.8. The minimum absolute atomic E-state index is 0. The van der Waals surface area contributed by atoms with E-state index in [-0.39, 0.29) is 42.2 Å². The van der Waals surface area contributed by atoms with E-state index in [0.29, 0.717) is 25.6 Å². The van der Waals surface area contributed by atoms with Crippen molar-refractivity contribution in [1.29, 1.82) is 0 Å². The van der Waals surface area contributed by atoms with Crippen LogP contribution in [0.4, 0.5) is 0 Å². The van der Waals surface area contributed by atoms with Crippen molar-refractivity contribution in [3.8, 4) is 0 Å². The van der Waals surface area contributed by atoms with E-state index >= 15 is 0 Å². The van der Waals surface area contributed by atoms with Crippen LogP contribution < -0.4 is 10.6 Å². The van der Waals surface area contributed by atoms with E-state index in [9.17, 15) is 14.4 Å². The predicted molar refractivity (Wildman–Crippen MR) is 101 cm³/mol. The monoisotopic (exact) mass is 386 g/mol. The van der Waals surface area contributed by atoms with Gasteiger partial charge in [0.1, 0.15) is 6.04 Å². The maximum atomic E-state index is 12.8. The Morgan fingerprint density at radius 3 is 2.54 bits per heavy atom. The van der Waals surface area contributed by atoms with Crippen LogP contribution in [0.25, 0.3) is 0 Å². The number of nitrogens with zero attached hydrogens (tertiary/aromatic N) is 2. The summed E-state index contributed by atoms with van der Waals surface area (Å²) in [5.74, 6) is 0.455. The van der Waals surface area contributed by atoms with Gasteiger partial charge >= 0.3 is 0 Å². The summed E-state index contributed by atoms with van der Waals surface area (Å²) in [6.45, 7) is 5.21. The molecule has 0 saturated carbocycles. The fourth-order valence-corrected chi connectivity index (χ4v) is 4.32. The molecule has 26 heavy (non-hydrogen) atoms. The van der Waals surface area contributed by atoms with E-state index in [4.69, 9.17) is 0 Å². The minimum Gasteiger partial charge on any atom is -0.354 e. The lowest BCUT2D eigenvalue weighted by atomic mass is 9.97. The zero-order valence-electron chi connectivity index (χ0n) is 15.5. The molecule has 8 heteroatoms. The first-order valence-electron chi connectivity index (χ1n) is 9.63. The summed E-state index contributed by atoms with van der Waals surface area (Å²) >= 11 is 0. The first-order valence-corrected chi connectivity index (χ1v) is 9.63. The summed E-state index contributed by atoms with van der Waals surface area (Å²) in [7, 11) is 0. The van der Waals surface area contributed by atoms with Crippen molar-refractivity contribution in [2.45, 2.75) is 57.5 Å². The van der Waals surface area contributed by atoms with Gasteiger partial charge in [-0.15, -0.1) is 12.4 Å². The number of nitrogens with one attached hydrogen (secondary N) is 2. The fourth-order valence-electron chi connectivity index (χ4n) is 4.32. The molecule has 0 bridgehead atoms. The van der Waals surface area contributed by atoms with E-state index in [2.05, 4.69) is 10.6 Å². The molecular weight excluding hydrogens is 356 g/mol. The molecular formula is C18H31ClN4O3. The van der Waals surface area contributed by atoms with Crippen molar-refractivity contribution in [3.63, 3.8) is 0 Å². The van der Waals surface area contributed by atoms with Crippen molar-refractivity contribution >= 4 is 30.1 Å². The molecule has 3 unspecified atom stereocenters. The zero-order valence-corrected chi connectivity index (χ0v) is 16.4. The topological polar surface area (TPSA) is 81.8 Å². The average Bonchev–Trinajstić information content (AvgIpc) is 3.30. The molecule has 2 N–H and O–H groups in total. The SMILES string of the molecule is CC(=O)N1CCCC1C(=O)N1CCCC(CNC(=O)C2CCCN2)C1.Cl. The van der Waals surface area contributed by atoms with Gasteiger partial charge < -0.3 is 20.4 Å². The Kier molecular flexibility index (Phi) is 7.70. The van der Waals surface area contributed by atoms with E-state index in [1.165, 1.54) is 6.92 Å². The van der Waals surface area contributed by atoms with Crippen molar-refractivity contribution in [3.05, 3.63) is 0 Å². The van der Waals surface area contributed by atoms with Crippen LogP contribution in [-0.4, -0.2) is 72.3 Å². The van der Waals surface area contributed by atoms with E-state index in [0.717, 1.165) is 51.6 Å². The summed E-state index contributed by atoms with van der Waals surface area (Å²) in [5.41, 5.74) is 0. The Bertz CT molecular complexity index is 525. The molecule has 3 amide bonds. The minimum atomic E-state index is -0.284. The van der Waals surface area contributed by atoms with E-state index in [1.807, 2.05) is 4.90 Å². The molecule has 0 spiro atoms. The summed E-state index contributed by atoms with van der Waals surface area (Å²) < 4.78 is 0. The second-order valence-corrected chi connectivity index (χ2v) is 7.56. The molecule has 7 nitrogen and oxygen atoms in total. The Labute approximate surface area is 161 Å². The molecule has 3 rings (SSSR count). The standard InChI is InChI=1S/C18H30N4O3.ClH/c1-13(23)22-10-4-7-16(22)18(25)21-9-3-5-14(12-21)11-20-17(24)15-6-2-8-19-15;/h14-16,19H,2-12H2,1H3,(H,20,24);1H. The third-order valence-corrected chi connectivity index (χ3v) is 5.71. The molecule has 0 aromatic carbocycles. The van der Waals surface area contributed by atoms with Crippen LogP contribution in [0.1, 0.15) is 45.4 Å². The van der Waals surface area contributed by atoms with Gasteiger partial charge in [0.05, 0.1) is 6.04 Å². The summed E-state index contributed by atoms with van der Waals surface area (Å²) in [5, 5.41) is 6.26. The highest BCUT2D eigenvalue weighted by Crippen LogP contribution is 2.23. The predicted octanol–water partition coefficient (Wildman–Crippen LogP) is 0.526. The molecule has 3 aliphatic rings. The van der Waals surface area contributed by atoms with Crippen LogP contribution in [0.5, 0.6) is 0 Å².